The quantitative estimate of drug-likeness (QED) is 0.798. The lowest BCUT2D eigenvalue weighted by Gasteiger charge is -2.26. The molecule has 1 saturated heterocycles. The van der Waals surface area contributed by atoms with E-state index < -0.39 is 0 Å². The summed E-state index contributed by atoms with van der Waals surface area (Å²) in [6, 6.07) is 3.73. The van der Waals surface area contributed by atoms with Crippen molar-refractivity contribution in [3.63, 3.8) is 0 Å². The van der Waals surface area contributed by atoms with E-state index in [9.17, 15) is 9.90 Å². The van der Waals surface area contributed by atoms with Crippen molar-refractivity contribution in [2.24, 2.45) is 0 Å². The Morgan fingerprint density at radius 2 is 2.38 bits per heavy atom. The minimum absolute atomic E-state index is 0.0447. The molecular weight excluding hydrogens is 270 g/mol. The van der Waals surface area contributed by atoms with Gasteiger partial charge in [0.1, 0.15) is 5.76 Å². The molecule has 1 fully saturated rings. The predicted octanol–water partition coefficient (Wildman–Crippen LogP) is 0.454. The van der Waals surface area contributed by atoms with Crippen molar-refractivity contribution in [2.45, 2.75) is 31.5 Å². The van der Waals surface area contributed by atoms with Crippen LogP contribution in [-0.4, -0.2) is 66.7 Å². The summed E-state index contributed by atoms with van der Waals surface area (Å²) in [6.45, 7) is 3.60. The van der Waals surface area contributed by atoms with Crippen LogP contribution in [-0.2, 0) is 4.79 Å². The fraction of sp³-hybridized carbons (Fsp3) is 0.667. The lowest BCUT2D eigenvalue weighted by molar-refractivity contribution is -0.123. The second kappa shape index (κ2) is 7.06. The van der Waals surface area contributed by atoms with Gasteiger partial charge in [0.05, 0.1) is 25.0 Å². The Hall–Kier alpha value is -1.37. The first-order chi connectivity index (χ1) is 9.95. The number of β-amino-alcohol motifs (C(OH)–C–C–N with tert-alkyl or cyclic N) is 1. The Kier molecular flexibility index (Phi) is 5.39. The maximum Gasteiger partial charge on any atom is 0.234 e. The third-order valence-corrected chi connectivity index (χ3v) is 3.78. The molecule has 0 aromatic carbocycles. The molecule has 6 nitrogen and oxygen atoms in total. The number of amides is 1. The van der Waals surface area contributed by atoms with Gasteiger partial charge in [0.2, 0.25) is 5.91 Å². The molecule has 1 amide bonds. The Bertz CT molecular complexity index is 447. The molecule has 118 valence electrons. The lowest BCUT2D eigenvalue weighted by Crippen LogP contribution is -2.44. The minimum Gasteiger partial charge on any atom is -0.467 e. The molecule has 0 aliphatic carbocycles. The first kappa shape index (κ1) is 16.0. The SMILES string of the molecule is CC(NC(=O)CN1CC(O)CC1CN(C)C)c1ccco1. The van der Waals surface area contributed by atoms with Crippen LogP contribution in [0.15, 0.2) is 22.8 Å². The maximum absolute atomic E-state index is 12.2. The Morgan fingerprint density at radius 3 is 3.00 bits per heavy atom. The highest BCUT2D eigenvalue weighted by molar-refractivity contribution is 5.78. The summed E-state index contributed by atoms with van der Waals surface area (Å²) in [5.41, 5.74) is 0. The van der Waals surface area contributed by atoms with E-state index in [2.05, 4.69) is 15.1 Å². The molecule has 1 aromatic rings. The first-order valence-corrected chi connectivity index (χ1v) is 7.35. The zero-order valence-corrected chi connectivity index (χ0v) is 13.0. The normalized spacial score (nSPS) is 24.4. The number of likely N-dealkylation sites (N-methyl/N-ethyl adjacent to an activating group) is 1. The van der Waals surface area contributed by atoms with Crippen LogP contribution in [0.1, 0.15) is 25.1 Å². The van der Waals surface area contributed by atoms with Gasteiger partial charge < -0.3 is 19.7 Å². The van der Waals surface area contributed by atoms with E-state index in [1.807, 2.05) is 33.2 Å². The largest absolute Gasteiger partial charge is 0.467 e. The third-order valence-electron chi connectivity index (χ3n) is 3.78. The van der Waals surface area contributed by atoms with Gasteiger partial charge in [-0.3, -0.25) is 9.69 Å². The molecular formula is C15H25N3O3. The molecule has 1 aliphatic rings. The summed E-state index contributed by atoms with van der Waals surface area (Å²) in [7, 11) is 4.00. The fourth-order valence-corrected chi connectivity index (χ4v) is 2.84. The van der Waals surface area contributed by atoms with Gasteiger partial charge >= 0.3 is 0 Å². The highest BCUT2D eigenvalue weighted by Gasteiger charge is 2.32. The Morgan fingerprint density at radius 1 is 1.62 bits per heavy atom. The zero-order valence-electron chi connectivity index (χ0n) is 13.0. The van der Waals surface area contributed by atoms with Gasteiger partial charge in [0.15, 0.2) is 0 Å². The molecule has 2 N–H and O–H groups in total. The highest BCUT2D eigenvalue weighted by atomic mass is 16.3. The number of hydrogen-bond donors (Lipinski definition) is 2. The van der Waals surface area contributed by atoms with E-state index in [1.165, 1.54) is 0 Å². The summed E-state index contributed by atoms with van der Waals surface area (Å²) in [5, 5.41) is 12.7. The van der Waals surface area contributed by atoms with E-state index in [4.69, 9.17) is 4.42 Å². The summed E-state index contributed by atoms with van der Waals surface area (Å²) < 4.78 is 5.28. The van der Waals surface area contributed by atoms with Gasteiger partial charge in [-0.05, 0) is 39.6 Å². The average Bonchev–Trinajstić information content (AvgIpc) is 2.99. The number of furan rings is 1. The molecule has 0 spiro atoms. The number of likely N-dealkylation sites (tertiary alicyclic amines) is 1. The summed E-state index contributed by atoms with van der Waals surface area (Å²) in [6.07, 6.45) is 1.98. The number of nitrogens with one attached hydrogen (secondary N) is 1. The smallest absolute Gasteiger partial charge is 0.234 e. The second-order valence-electron chi connectivity index (χ2n) is 6.04. The Balaban J connectivity index is 1.86. The van der Waals surface area contributed by atoms with Crippen LogP contribution >= 0.6 is 0 Å². The van der Waals surface area contributed by atoms with Gasteiger partial charge in [-0.1, -0.05) is 0 Å². The molecule has 3 atom stereocenters. The van der Waals surface area contributed by atoms with E-state index in [-0.39, 0.29) is 24.1 Å². The molecule has 2 heterocycles. The number of rotatable bonds is 6. The Labute approximate surface area is 125 Å². The minimum atomic E-state index is -0.342. The van der Waals surface area contributed by atoms with Crippen LogP contribution in [0.5, 0.6) is 0 Å². The van der Waals surface area contributed by atoms with Crippen LogP contribution in [0.2, 0.25) is 0 Å². The molecule has 1 aromatic heterocycles. The summed E-state index contributed by atoms with van der Waals surface area (Å²) in [4.78, 5) is 16.3. The van der Waals surface area contributed by atoms with Crippen molar-refractivity contribution in [1.29, 1.82) is 0 Å². The van der Waals surface area contributed by atoms with Crippen molar-refractivity contribution in [3.8, 4) is 0 Å². The van der Waals surface area contributed by atoms with Crippen LogP contribution < -0.4 is 5.32 Å². The molecule has 2 rings (SSSR count). The molecule has 3 unspecified atom stereocenters. The van der Waals surface area contributed by atoms with Gasteiger partial charge in [0.25, 0.3) is 0 Å². The monoisotopic (exact) mass is 295 g/mol. The van der Waals surface area contributed by atoms with E-state index in [0.717, 1.165) is 18.7 Å². The van der Waals surface area contributed by atoms with E-state index >= 15 is 0 Å². The molecule has 6 heteroatoms. The van der Waals surface area contributed by atoms with Gasteiger partial charge in [-0.15, -0.1) is 0 Å². The van der Waals surface area contributed by atoms with Crippen molar-refractivity contribution in [2.75, 3.05) is 33.7 Å². The average molecular weight is 295 g/mol. The number of carbonyl (C=O) groups excluding carboxylic acids is 1. The molecule has 1 aliphatic heterocycles. The van der Waals surface area contributed by atoms with Gasteiger partial charge in [-0.25, -0.2) is 0 Å². The highest BCUT2D eigenvalue weighted by Crippen LogP contribution is 2.18. The number of hydrogen-bond acceptors (Lipinski definition) is 5. The lowest BCUT2D eigenvalue weighted by atomic mass is 10.2. The predicted molar refractivity (Wildman–Crippen MR) is 79.8 cm³/mol. The maximum atomic E-state index is 12.2. The van der Waals surface area contributed by atoms with Crippen LogP contribution in [0, 0.1) is 0 Å². The topological polar surface area (TPSA) is 69.0 Å². The van der Waals surface area contributed by atoms with Gasteiger partial charge in [0, 0.05) is 19.1 Å². The van der Waals surface area contributed by atoms with Gasteiger partial charge in [-0.2, -0.15) is 0 Å². The standard InChI is InChI=1S/C15H25N3O3/c1-11(14-5-4-6-21-14)16-15(20)10-18-9-13(19)7-12(18)8-17(2)3/h4-6,11-13,19H,7-10H2,1-3H3,(H,16,20). The van der Waals surface area contributed by atoms with Crippen molar-refractivity contribution in [3.05, 3.63) is 24.2 Å². The van der Waals surface area contributed by atoms with E-state index in [0.29, 0.717) is 13.1 Å². The van der Waals surface area contributed by atoms with Crippen LogP contribution in [0.25, 0.3) is 0 Å². The van der Waals surface area contributed by atoms with Crippen molar-refractivity contribution < 1.29 is 14.3 Å². The summed E-state index contributed by atoms with van der Waals surface area (Å²) in [5.74, 6) is 0.700. The fourth-order valence-electron chi connectivity index (χ4n) is 2.84. The molecule has 0 radical (unpaired) electrons. The van der Waals surface area contributed by atoms with Crippen molar-refractivity contribution in [1.82, 2.24) is 15.1 Å². The van der Waals surface area contributed by atoms with Crippen LogP contribution in [0.3, 0.4) is 0 Å². The van der Waals surface area contributed by atoms with E-state index in [1.54, 1.807) is 6.26 Å². The second-order valence-corrected chi connectivity index (χ2v) is 6.04. The summed E-state index contributed by atoms with van der Waals surface area (Å²) >= 11 is 0. The number of aliphatic hydroxyl groups excluding tert-OH is 1. The van der Waals surface area contributed by atoms with Crippen molar-refractivity contribution >= 4 is 5.91 Å². The first-order valence-electron chi connectivity index (χ1n) is 7.35. The number of carbonyl (C=O) groups is 1. The number of nitrogens with zero attached hydrogens (tertiary/aromatic N) is 2. The molecule has 21 heavy (non-hydrogen) atoms. The molecule has 0 bridgehead atoms. The molecule has 0 saturated carbocycles. The third kappa shape index (κ3) is 4.56. The van der Waals surface area contributed by atoms with Crippen LogP contribution in [0.4, 0.5) is 0 Å². The zero-order chi connectivity index (χ0) is 15.4. The number of aliphatic hydroxyl groups is 1.